The Balaban J connectivity index is 1.15. The van der Waals surface area contributed by atoms with Gasteiger partial charge in [-0.3, -0.25) is 4.90 Å². The van der Waals surface area contributed by atoms with Crippen LogP contribution >= 0.6 is 22.9 Å². The molecule has 6 heteroatoms. The maximum Gasteiger partial charge on any atom is 0.120 e. The second-order valence-corrected chi connectivity index (χ2v) is 10.1. The number of halogens is 1. The van der Waals surface area contributed by atoms with Crippen LogP contribution in [0.1, 0.15) is 30.6 Å². The fourth-order valence-electron chi connectivity index (χ4n) is 4.61. The van der Waals surface area contributed by atoms with Gasteiger partial charge in [0.2, 0.25) is 0 Å². The van der Waals surface area contributed by atoms with E-state index in [0.29, 0.717) is 25.1 Å². The van der Waals surface area contributed by atoms with Crippen LogP contribution in [0.4, 0.5) is 0 Å². The lowest BCUT2D eigenvalue weighted by Gasteiger charge is -2.38. The molecular weight excluding hydrogens is 428 g/mol. The quantitative estimate of drug-likeness (QED) is 0.373. The highest BCUT2D eigenvalue weighted by atomic mass is 35.5. The van der Waals surface area contributed by atoms with Crippen molar-refractivity contribution in [2.24, 2.45) is 0 Å². The summed E-state index contributed by atoms with van der Waals surface area (Å²) in [4.78, 5) is 7.02. The van der Waals surface area contributed by atoms with Crippen LogP contribution in [0.25, 0.3) is 21.0 Å². The van der Waals surface area contributed by atoms with Crippen molar-refractivity contribution in [3.63, 3.8) is 0 Å². The third kappa shape index (κ3) is 4.60. The second kappa shape index (κ2) is 8.83. The van der Waals surface area contributed by atoms with Crippen molar-refractivity contribution in [2.75, 3.05) is 19.7 Å². The van der Waals surface area contributed by atoms with Crippen LogP contribution in [0.5, 0.6) is 5.75 Å². The highest BCUT2D eigenvalue weighted by Gasteiger charge is 2.28. The van der Waals surface area contributed by atoms with E-state index in [1.54, 1.807) is 0 Å². The second-order valence-electron chi connectivity index (χ2n) is 8.59. The van der Waals surface area contributed by atoms with Crippen LogP contribution in [0.3, 0.4) is 0 Å². The standard InChI is InChI=1S/C25H27ClN2O2S/c1-16-10-19(24-12-18-2-3-20(26)13-25(18)31-24)7-9-28(16)14-21(29)15-30-22-4-5-23-17(11-22)6-8-27-23/h2-6,8,11-13,16,19,21,27,29H,7,9-10,14-15H2,1H3/t16-,19+,21-/m0/s1. The molecule has 4 aromatic rings. The highest BCUT2D eigenvalue weighted by molar-refractivity contribution is 7.19. The van der Waals surface area contributed by atoms with Gasteiger partial charge >= 0.3 is 0 Å². The van der Waals surface area contributed by atoms with Gasteiger partial charge in [-0.1, -0.05) is 17.7 Å². The molecule has 1 saturated heterocycles. The molecule has 2 aromatic heterocycles. The first-order valence-corrected chi connectivity index (χ1v) is 12.1. The number of nitrogens with zero attached hydrogens (tertiary/aromatic N) is 1. The van der Waals surface area contributed by atoms with Crippen molar-refractivity contribution in [1.29, 1.82) is 0 Å². The average molecular weight is 455 g/mol. The minimum atomic E-state index is -0.507. The summed E-state index contributed by atoms with van der Waals surface area (Å²) in [5.74, 6) is 1.37. The summed E-state index contributed by atoms with van der Waals surface area (Å²) >= 11 is 8.02. The lowest BCUT2D eigenvalue weighted by molar-refractivity contribution is 0.0404. The van der Waals surface area contributed by atoms with E-state index in [1.807, 2.05) is 47.9 Å². The van der Waals surface area contributed by atoms with Gasteiger partial charge in [0.05, 0.1) is 0 Å². The zero-order valence-electron chi connectivity index (χ0n) is 17.6. The Bertz CT molecular complexity index is 1190. The van der Waals surface area contributed by atoms with E-state index in [2.05, 4.69) is 35.0 Å². The first kappa shape index (κ1) is 20.8. The summed E-state index contributed by atoms with van der Waals surface area (Å²) in [6.07, 6.45) is 3.63. The molecule has 0 saturated carbocycles. The summed E-state index contributed by atoms with van der Waals surface area (Å²) in [5, 5.41) is 13.8. The molecule has 3 atom stereocenters. The van der Waals surface area contributed by atoms with Gasteiger partial charge in [-0.15, -0.1) is 11.3 Å². The summed E-state index contributed by atoms with van der Waals surface area (Å²) in [5.41, 5.74) is 1.09. The molecule has 1 fully saturated rings. The number of benzene rings is 2. The SMILES string of the molecule is C[C@H]1C[C@H](c2cc3ccc(Cl)cc3s2)CCN1C[C@H](O)COc1ccc2[nH]ccc2c1. The predicted molar refractivity (Wildman–Crippen MR) is 130 cm³/mol. The molecule has 1 aliphatic heterocycles. The Labute approximate surface area is 191 Å². The van der Waals surface area contributed by atoms with Crippen LogP contribution < -0.4 is 4.74 Å². The number of β-amino-alcohol motifs (C(OH)–C–C–N with tert-alkyl or cyclic N) is 1. The zero-order valence-corrected chi connectivity index (χ0v) is 19.1. The number of likely N-dealkylation sites (tertiary alicyclic amines) is 1. The number of aromatic nitrogens is 1. The average Bonchev–Trinajstić information content (AvgIpc) is 3.39. The number of aromatic amines is 1. The van der Waals surface area contributed by atoms with Crippen LogP contribution in [0.15, 0.2) is 54.7 Å². The summed E-state index contributed by atoms with van der Waals surface area (Å²) in [7, 11) is 0. The monoisotopic (exact) mass is 454 g/mol. The minimum absolute atomic E-state index is 0.305. The van der Waals surface area contributed by atoms with Crippen molar-refractivity contribution in [1.82, 2.24) is 9.88 Å². The number of piperidine rings is 1. The Kier molecular flexibility index (Phi) is 5.93. The van der Waals surface area contributed by atoms with Crippen LogP contribution in [-0.4, -0.2) is 46.8 Å². The number of H-pyrrole nitrogens is 1. The fourth-order valence-corrected chi connectivity index (χ4v) is 6.10. The number of fused-ring (bicyclic) bond motifs is 2. The molecule has 31 heavy (non-hydrogen) atoms. The molecule has 0 amide bonds. The third-order valence-corrected chi connectivity index (χ3v) is 7.83. The minimum Gasteiger partial charge on any atom is -0.491 e. The topological polar surface area (TPSA) is 48.5 Å². The Hall–Kier alpha value is -2.05. The first-order valence-electron chi connectivity index (χ1n) is 10.9. The van der Waals surface area contributed by atoms with Crippen molar-refractivity contribution >= 4 is 43.9 Å². The Morgan fingerprint density at radius 3 is 2.97 bits per heavy atom. The van der Waals surface area contributed by atoms with Gasteiger partial charge in [0.1, 0.15) is 18.5 Å². The summed E-state index contributed by atoms with van der Waals surface area (Å²) in [6, 6.07) is 16.9. The van der Waals surface area contributed by atoms with E-state index in [1.165, 1.54) is 15.0 Å². The normalized spacial score (nSPS) is 21.0. The molecule has 0 aliphatic carbocycles. The van der Waals surface area contributed by atoms with E-state index < -0.39 is 6.10 Å². The molecule has 0 unspecified atom stereocenters. The lowest BCUT2D eigenvalue weighted by atomic mass is 9.90. The number of ether oxygens (including phenoxy) is 1. The predicted octanol–water partition coefficient (Wildman–Crippen LogP) is 6.04. The van der Waals surface area contributed by atoms with Crippen LogP contribution in [-0.2, 0) is 0 Å². The van der Waals surface area contributed by atoms with Crippen LogP contribution in [0, 0.1) is 0 Å². The number of hydrogen-bond acceptors (Lipinski definition) is 4. The number of hydrogen-bond donors (Lipinski definition) is 2. The van der Waals surface area contributed by atoms with Gasteiger partial charge in [-0.25, -0.2) is 0 Å². The van der Waals surface area contributed by atoms with Gasteiger partial charge in [0, 0.05) is 44.3 Å². The zero-order chi connectivity index (χ0) is 21.4. The van der Waals surface area contributed by atoms with Crippen molar-refractivity contribution < 1.29 is 9.84 Å². The summed E-state index contributed by atoms with van der Waals surface area (Å²) < 4.78 is 7.12. The molecule has 2 N–H and O–H groups in total. The van der Waals surface area contributed by atoms with Crippen molar-refractivity contribution in [2.45, 2.75) is 37.8 Å². The smallest absolute Gasteiger partial charge is 0.120 e. The number of nitrogens with one attached hydrogen (secondary N) is 1. The largest absolute Gasteiger partial charge is 0.491 e. The fraction of sp³-hybridized carbons (Fsp3) is 0.360. The molecule has 162 valence electrons. The summed E-state index contributed by atoms with van der Waals surface area (Å²) in [6.45, 7) is 4.21. The number of aliphatic hydroxyl groups excluding tert-OH is 1. The van der Waals surface area contributed by atoms with E-state index in [4.69, 9.17) is 16.3 Å². The maximum atomic E-state index is 10.6. The molecule has 1 aliphatic rings. The molecular formula is C25H27ClN2O2S. The van der Waals surface area contributed by atoms with Gasteiger partial charge in [-0.2, -0.15) is 0 Å². The molecule has 5 rings (SSSR count). The number of rotatable bonds is 6. The molecule has 0 radical (unpaired) electrons. The van der Waals surface area contributed by atoms with Gasteiger partial charge in [0.15, 0.2) is 0 Å². The van der Waals surface area contributed by atoms with Crippen LogP contribution in [0.2, 0.25) is 5.02 Å². The van der Waals surface area contributed by atoms with E-state index in [-0.39, 0.29) is 0 Å². The third-order valence-electron chi connectivity index (χ3n) is 6.33. The van der Waals surface area contributed by atoms with Crippen molar-refractivity contribution in [3.05, 3.63) is 64.6 Å². The number of thiophene rings is 1. The first-order chi connectivity index (χ1) is 15.0. The molecule has 2 aromatic carbocycles. The van der Waals surface area contributed by atoms with Crippen molar-refractivity contribution in [3.8, 4) is 5.75 Å². The van der Waals surface area contributed by atoms with Gasteiger partial charge < -0.3 is 14.8 Å². The van der Waals surface area contributed by atoms with E-state index in [0.717, 1.165) is 41.1 Å². The Morgan fingerprint density at radius 2 is 2.10 bits per heavy atom. The number of aliphatic hydroxyl groups is 1. The van der Waals surface area contributed by atoms with E-state index in [9.17, 15) is 5.11 Å². The lowest BCUT2D eigenvalue weighted by Crippen LogP contribution is -2.45. The molecule has 0 bridgehead atoms. The van der Waals surface area contributed by atoms with Gasteiger partial charge in [-0.05, 0) is 80.1 Å². The highest BCUT2D eigenvalue weighted by Crippen LogP contribution is 2.38. The maximum absolute atomic E-state index is 10.6. The van der Waals surface area contributed by atoms with E-state index >= 15 is 0 Å². The molecule has 4 nitrogen and oxygen atoms in total. The molecule has 3 heterocycles. The van der Waals surface area contributed by atoms with Gasteiger partial charge in [0.25, 0.3) is 0 Å². The molecule has 0 spiro atoms. The Morgan fingerprint density at radius 1 is 1.19 bits per heavy atom.